The third kappa shape index (κ3) is 4.49. The second-order valence-corrected chi connectivity index (χ2v) is 5.10. The molecular formula is C15H25N3O2. The summed E-state index contributed by atoms with van der Waals surface area (Å²) in [5, 5.41) is 5.98. The van der Waals surface area contributed by atoms with Crippen LogP contribution in [0.25, 0.3) is 0 Å². The molecule has 0 aromatic carbocycles. The van der Waals surface area contributed by atoms with E-state index in [0.717, 1.165) is 12.1 Å². The summed E-state index contributed by atoms with van der Waals surface area (Å²) >= 11 is 0. The van der Waals surface area contributed by atoms with Crippen molar-refractivity contribution < 1.29 is 9.53 Å². The highest BCUT2D eigenvalue weighted by Gasteiger charge is 2.15. The second-order valence-electron chi connectivity index (χ2n) is 5.10. The Morgan fingerprint density at radius 3 is 2.60 bits per heavy atom. The van der Waals surface area contributed by atoms with Gasteiger partial charge in [-0.05, 0) is 24.5 Å². The van der Waals surface area contributed by atoms with Gasteiger partial charge in [-0.3, -0.25) is 4.79 Å². The predicted octanol–water partition coefficient (Wildman–Crippen LogP) is 2.40. The number of aromatic nitrogens is 1. The van der Waals surface area contributed by atoms with Gasteiger partial charge in [-0.1, -0.05) is 20.8 Å². The molecule has 0 bridgehead atoms. The normalized spacial score (nSPS) is 12.3. The maximum atomic E-state index is 12.3. The zero-order valence-corrected chi connectivity index (χ0v) is 13.0. The van der Waals surface area contributed by atoms with E-state index in [-0.39, 0.29) is 17.9 Å². The van der Waals surface area contributed by atoms with E-state index in [4.69, 9.17) is 4.74 Å². The van der Waals surface area contributed by atoms with Gasteiger partial charge in [0.25, 0.3) is 5.91 Å². The van der Waals surface area contributed by atoms with E-state index < -0.39 is 0 Å². The fourth-order valence-corrected chi connectivity index (χ4v) is 1.84. The second kappa shape index (κ2) is 7.85. The van der Waals surface area contributed by atoms with Crippen molar-refractivity contribution in [3.8, 4) is 0 Å². The number of carbonyl (C=O) groups excluding carboxylic acids is 1. The Balaban J connectivity index is 2.93. The van der Waals surface area contributed by atoms with Crippen LogP contribution in [0.15, 0.2) is 12.1 Å². The Hall–Kier alpha value is -1.62. The number of nitrogens with zero attached hydrogens (tertiary/aromatic N) is 1. The molecule has 0 aliphatic heterocycles. The van der Waals surface area contributed by atoms with Crippen LogP contribution in [0.5, 0.6) is 0 Å². The Labute approximate surface area is 121 Å². The fourth-order valence-electron chi connectivity index (χ4n) is 1.84. The molecule has 1 rings (SSSR count). The molecule has 5 heteroatoms. The highest BCUT2D eigenvalue weighted by Crippen LogP contribution is 2.17. The highest BCUT2D eigenvalue weighted by molar-refractivity contribution is 5.95. The van der Waals surface area contributed by atoms with Crippen molar-refractivity contribution in [1.82, 2.24) is 10.3 Å². The van der Waals surface area contributed by atoms with E-state index in [1.54, 1.807) is 20.2 Å². The van der Waals surface area contributed by atoms with Gasteiger partial charge in [0.1, 0.15) is 5.82 Å². The molecule has 0 saturated heterocycles. The summed E-state index contributed by atoms with van der Waals surface area (Å²) in [6.45, 7) is 6.66. The van der Waals surface area contributed by atoms with Gasteiger partial charge in [0.2, 0.25) is 0 Å². The van der Waals surface area contributed by atoms with Crippen LogP contribution < -0.4 is 10.6 Å². The van der Waals surface area contributed by atoms with Crippen molar-refractivity contribution in [2.45, 2.75) is 39.2 Å². The van der Waals surface area contributed by atoms with Gasteiger partial charge in [0.05, 0.1) is 12.6 Å². The van der Waals surface area contributed by atoms with Gasteiger partial charge in [0.15, 0.2) is 0 Å². The smallest absolute Gasteiger partial charge is 0.251 e. The van der Waals surface area contributed by atoms with Gasteiger partial charge in [-0.15, -0.1) is 0 Å². The number of nitrogens with one attached hydrogen (secondary N) is 2. The summed E-state index contributed by atoms with van der Waals surface area (Å²) in [4.78, 5) is 16.8. The van der Waals surface area contributed by atoms with Crippen molar-refractivity contribution in [1.29, 1.82) is 0 Å². The molecule has 1 atom stereocenters. The number of hydrogen-bond acceptors (Lipinski definition) is 4. The molecule has 5 nitrogen and oxygen atoms in total. The minimum atomic E-state index is -0.0882. The van der Waals surface area contributed by atoms with E-state index in [1.807, 2.05) is 13.0 Å². The van der Waals surface area contributed by atoms with Crippen LogP contribution in [0.1, 0.15) is 49.2 Å². The molecule has 0 radical (unpaired) electrons. The minimum Gasteiger partial charge on any atom is -0.383 e. The van der Waals surface area contributed by atoms with Crippen LogP contribution in [0.4, 0.5) is 5.82 Å². The molecule has 1 aromatic heterocycles. The zero-order chi connectivity index (χ0) is 15.1. The number of rotatable bonds is 7. The minimum absolute atomic E-state index is 0.0289. The lowest BCUT2D eigenvalue weighted by molar-refractivity contribution is 0.0894. The summed E-state index contributed by atoms with van der Waals surface area (Å²) in [5.74, 6) is 0.895. The third-order valence-electron chi connectivity index (χ3n) is 3.15. The lowest BCUT2D eigenvalue weighted by Crippen LogP contribution is -2.37. The Kier molecular flexibility index (Phi) is 6.45. The third-order valence-corrected chi connectivity index (χ3v) is 3.15. The first-order valence-corrected chi connectivity index (χ1v) is 7.01. The van der Waals surface area contributed by atoms with Gasteiger partial charge in [-0.2, -0.15) is 0 Å². The van der Waals surface area contributed by atoms with Crippen LogP contribution >= 0.6 is 0 Å². The molecule has 0 saturated carbocycles. The quantitative estimate of drug-likeness (QED) is 0.804. The molecule has 0 aliphatic rings. The molecule has 2 N–H and O–H groups in total. The number of methoxy groups -OCH3 is 1. The number of pyridine rings is 1. The Morgan fingerprint density at radius 1 is 1.40 bits per heavy atom. The first kappa shape index (κ1) is 16.4. The number of amides is 1. The first-order chi connectivity index (χ1) is 9.51. The molecule has 20 heavy (non-hydrogen) atoms. The maximum absolute atomic E-state index is 12.3. The number of carbonyl (C=O) groups is 1. The maximum Gasteiger partial charge on any atom is 0.251 e. The number of anilines is 1. The van der Waals surface area contributed by atoms with E-state index in [9.17, 15) is 4.79 Å². The van der Waals surface area contributed by atoms with Crippen LogP contribution in [-0.2, 0) is 4.74 Å². The molecule has 0 fully saturated rings. The van der Waals surface area contributed by atoms with Crippen molar-refractivity contribution in [2.24, 2.45) is 0 Å². The monoisotopic (exact) mass is 279 g/mol. The van der Waals surface area contributed by atoms with Crippen molar-refractivity contribution in [3.05, 3.63) is 23.4 Å². The molecule has 1 heterocycles. The average molecular weight is 279 g/mol. The largest absolute Gasteiger partial charge is 0.383 e. The van der Waals surface area contributed by atoms with Gasteiger partial charge >= 0.3 is 0 Å². The van der Waals surface area contributed by atoms with Crippen LogP contribution in [0.2, 0.25) is 0 Å². The van der Waals surface area contributed by atoms with Crippen LogP contribution in [-0.4, -0.2) is 37.7 Å². The molecule has 1 aromatic rings. The molecule has 0 aliphatic carbocycles. The van der Waals surface area contributed by atoms with E-state index in [0.29, 0.717) is 18.0 Å². The zero-order valence-electron chi connectivity index (χ0n) is 13.0. The Morgan fingerprint density at radius 2 is 2.10 bits per heavy atom. The molecule has 112 valence electrons. The fraction of sp³-hybridized carbons (Fsp3) is 0.600. The van der Waals surface area contributed by atoms with E-state index >= 15 is 0 Å². The molecule has 0 spiro atoms. The Bertz CT molecular complexity index is 447. The summed E-state index contributed by atoms with van der Waals surface area (Å²) in [7, 11) is 3.44. The SMILES string of the molecule is CCC(COC)NC(=O)c1cc(NC)nc(C(C)C)c1. The molecule has 1 amide bonds. The van der Waals surface area contributed by atoms with Gasteiger partial charge in [0, 0.05) is 25.4 Å². The topological polar surface area (TPSA) is 63.2 Å². The summed E-state index contributed by atoms with van der Waals surface area (Å²) in [6, 6.07) is 3.64. The van der Waals surface area contributed by atoms with Crippen molar-refractivity contribution in [2.75, 3.05) is 26.1 Å². The van der Waals surface area contributed by atoms with Gasteiger partial charge < -0.3 is 15.4 Å². The lowest BCUT2D eigenvalue weighted by Gasteiger charge is -2.17. The van der Waals surface area contributed by atoms with Gasteiger partial charge in [-0.25, -0.2) is 4.98 Å². The molecule has 1 unspecified atom stereocenters. The lowest BCUT2D eigenvalue weighted by atomic mass is 10.1. The number of hydrogen-bond donors (Lipinski definition) is 2. The van der Waals surface area contributed by atoms with E-state index in [1.165, 1.54) is 0 Å². The molecular weight excluding hydrogens is 254 g/mol. The highest BCUT2D eigenvalue weighted by atomic mass is 16.5. The standard InChI is InChI=1S/C15H25N3O2/c1-6-12(9-20-5)17-15(19)11-7-13(10(2)3)18-14(8-11)16-4/h7-8,10,12H,6,9H2,1-5H3,(H,16,18)(H,17,19). The summed E-state index contributed by atoms with van der Waals surface area (Å²) < 4.78 is 5.10. The first-order valence-electron chi connectivity index (χ1n) is 7.01. The van der Waals surface area contributed by atoms with Crippen molar-refractivity contribution >= 4 is 11.7 Å². The average Bonchev–Trinajstić information content (AvgIpc) is 2.45. The van der Waals surface area contributed by atoms with Crippen LogP contribution in [0.3, 0.4) is 0 Å². The number of ether oxygens (including phenoxy) is 1. The summed E-state index contributed by atoms with van der Waals surface area (Å²) in [6.07, 6.45) is 0.834. The predicted molar refractivity (Wildman–Crippen MR) is 81.3 cm³/mol. The summed E-state index contributed by atoms with van der Waals surface area (Å²) in [5.41, 5.74) is 1.53. The van der Waals surface area contributed by atoms with Crippen LogP contribution in [0, 0.1) is 0 Å². The van der Waals surface area contributed by atoms with Crippen molar-refractivity contribution in [3.63, 3.8) is 0 Å². The van der Waals surface area contributed by atoms with E-state index in [2.05, 4.69) is 29.5 Å².